The van der Waals surface area contributed by atoms with Gasteiger partial charge in [0.05, 0.1) is 16.9 Å². The van der Waals surface area contributed by atoms with Gasteiger partial charge in [-0.3, -0.25) is 9.59 Å². The van der Waals surface area contributed by atoms with Crippen LogP contribution in [0.25, 0.3) is 0 Å². The van der Waals surface area contributed by atoms with Crippen molar-refractivity contribution in [2.45, 2.75) is 0 Å². The van der Waals surface area contributed by atoms with E-state index in [1.807, 2.05) is 0 Å². The van der Waals surface area contributed by atoms with Gasteiger partial charge in [0.25, 0.3) is 11.5 Å². The minimum absolute atomic E-state index is 0.000153. The zero-order valence-corrected chi connectivity index (χ0v) is 9.73. The molecule has 7 heteroatoms. The standard InChI is InChI=1S/C11H8ClN3O3/c12-7-3-6(16)1-2-8(7)15-11(18)9-4-14-10(17)5-13-9/h1-5,16H,(H,14,17)(H,15,18). The van der Waals surface area contributed by atoms with Gasteiger partial charge in [0, 0.05) is 12.3 Å². The highest BCUT2D eigenvalue weighted by Crippen LogP contribution is 2.26. The van der Waals surface area contributed by atoms with Gasteiger partial charge in [0.15, 0.2) is 0 Å². The first-order valence-corrected chi connectivity index (χ1v) is 5.28. The predicted octanol–water partition coefficient (Wildman–Crippen LogP) is 1.38. The maximum atomic E-state index is 11.7. The molecule has 0 atom stereocenters. The van der Waals surface area contributed by atoms with E-state index in [0.29, 0.717) is 5.69 Å². The van der Waals surface area contributed by atoms with Crippen molar-refractivity contribution in [1.29, 1.82) is 0 Å². The lowest BCUT2D eigenvalue weighted by atomic mass is 10.3. The molecule has 0 aliphatic carbocycles. The molecule has 0 aliphatic rings. The number of H-pyrrole nitrogens is 1. The summed E-state index contributed by atoms with van der Waals surface area (Å²) in [6, 6.07) is 4.15. The Morgan fingerprint density at radius 1 is 1.44 bits per heavy atom. The van der Waals surface area contributed by atoms with E-state index in [0.717, 1.165) is 6.20 Å². The number of hydrogen-bond donors (Lipinski definition) is 3. The van der Waals surface area contributed by atoms with Crippen LogP contribution in [-0.4, -0.2) is 21.0 Å². The number of carbonyl (C=O) groups is 1. The van der Waals surface area contributed by atoms with E-state index in [4.69, 9.17) is 16.7 Å². The van der Waals surface area contributed by atoms with E-state index in [1.165, 1.54) is 24.4 Å². The van der Waals surface area contributed by atoms with Gasteiger partial charge in [-0.2, -0.15) is 0 Å². The minimum Gasteiger partial charge on any atom is -0.508 e. The molecule has 0 saturated carbocycles. The van der Waals surface area contributed by atoms with Crippen molar-refractivity contribution < 1.29 is 9.90 Å². The Morgan fingerprint density at radius 2 is 2.22 bits per heavy atom. The van der Waals surface area contributed by atoms with E-state index in [2.05, 4.69) is 15.3 Å². The maximum Gasteiger partial charge on any atom is 0.275 e. The molecule has 0 aliphatic heterocycles. The summed E-state index contributed by atoms with van der Waals surface area (Å²) in [6.45, 7) is 0. The third kappa shape index (κ3) is 2.67. The van der Waals surface area contributed by atoms with Crippen LogP contribution >= 0.6 is 11.6 Å². The lowest BCUT2D eigenvalue weighted by molar-refractivity contribution is 0.102. The molecular formula is C11H8ClN3O3. The minimum atomic E-state index is -0.515. The van der Waals surface area contributed by atoms with Crippen LogP contribution in [0.5, 0.6) is 5.75 Å². The SMILES string of the molecule is O=C(Nc1ccc(O)cc1Cl)c1c[nH]c(=O)cn1. The van der Waals surface area contributed by atoms with E-state index >= 15 is 0 Å². The van der Waals surface area contributed by atoms with E-state index in [-0.39, 0.29) is 16.5 Å². The van der Waals surface area contributed by atoms with Gasteiger partial charge in [-0.25, -0.2) is 4.98 Å². The highest BCUT2D eigenvalue weighted by Gasteiger charge is 2.10. The Bertz CT molecular complexity index is 634. The van der Waals surface area contributed by atoms with Gasteiger partial charge in [0.1, 0.15) is 11.4 Å². The number of carbonyl (C=O) groups excluding carboxylic acids is 1. The molecule has 2 rings (SSSR count). The van der Waals surface area contributed by atoms with Crippen LogP contribution in [0.2, 0.25) is 5.02 Å². The number of aromatic amines is 1. The molecule has 0 radical (unpaired) electrons. The molecule has 0 unspecified atom stereocenters. The van der Waals surface area contributed by atoms with Crippen molar-refractivity contribution in [3.63, 3.8) is 0 Å². The summed E-state index contributed by atoms with van der Waals surface area (Å²) >= 11 is 5.83. The number of rotatable bonds is 2. The van der Waals surface area contributed by atoms with Gasteiger partial charge in [-0.1, -0.05) is 11.6 Å². The summed E-state index contributed by atoms with van der Waals surface area (Å²) in [7, 11) is 0. The number of nitrogens with zero attached hydrogens (tertiary/aromatic N) is 1. The van der Waals surface area contributed by atoms with Gasteiger partial charge >= 0.3 is 0 Å². The predicted molar refractivity (Wildman–Crippen MR) is 65.9 cm³/mol. The third-order valence-electron chi connectivity index (χ3n) is 2.11. The molecular weight excluding hydrogens is 258 g/mol. The van der Waals surface area contributed by atoms with Gasteiger partial charge < -0.3 is 15.4 Å². The largest absolute Gasteiger partial charge is 0.508 e. The van der Waals surface area contributed by atoms with Crippen molar-refractivity contribution in [3.8, 4) is 5.75 Å². The number of anilines is 1. The average molecular weight is 266 g/mol. The summed E-state index contributed by atoms with van der Waals surface area (Å²) in [6.07, 6.45) is 2.21. The second kappa shape index (κ2) is 4.89. The van der Waals surface area contributed by atoms with Crippen LogP contribution in [0.3, 0.4) is 0 Å². The van der Waals surface area contributed by atoms with Crippen molar-refractivity contribution in [1.82, 2.24) is 9.97 Å². The molecule has 1 aromatic carbocycles. The topological polar surface area (TPSA) is 95.1 Å². The molecule has 0 saturated heterocycles. The summed E-state index contributed by atoms with van der Waals surface area (Å²) in [5, 5.41) is 11.9. The van der Waals surface area contributed by atoms with Crippen LogP contribution < -0.4 is 10.9 Å². The van der Waals surface area contributed by atoms with Gasteiger partial charge in [-0.05, 0) is 12.1 Å². The summed E-state index contributed by atoms with van der Waals surface area (Å²) < 4.78 is 0. The molecule has 18 heavy (non-hydrogen) atoms. The number of benzene rings is 1. The smallest absolute Gasteiger partial charge is 0.275 e. The van der Waals surface area contributed by atoms with Crippen molar-refractivity contribution in [2.24, 2.45) is 0 Å². The third-order valence-corrected chi connectivity index (χ3v) is 2.42. The molecule has 0 bridgehead atoms. The zero-order chi connectivity index (χ0) is 13.1. The van der Waals surface area contributed by atoms with Crippen LogP contribution in [0.15, 0.2) is 35.4 Å². The quantitative estimate of drug-likeness (QED) is 0.715. The maximum absolute atomic E-state index is 11.7. The van der Waals surface area contributed by atoms with Crippen LogP contribution in [0.4, 0.5) is 5.69 Å². The van der Waals surface area contributed by atoms with Gasteiger partial charge in [0.2, 0.25) is 0 Å². The Morgan fingerprint density at radius 3 is 2.83 bits per heavy atom. The molecule has 0 fully saturated rings. The van der Waals surface area contributed by atoms with E-state index < -0.39 is 11.5 Å². The number of aromatic nitrogens is 2. The number of phenols is 1. The molecule has 92 valence electrons. The fourth-order valence-electron chi connectivity index (χ4n) is 1.26. The number of amides is 1. The van der Waals surface area contributed by atoms with E-state index in [1.54, 1.807) is 0 Å². The van der Waals surface area contributed by atoms with E-state index in [9.17, 15) is 9.59 Å². The molecule has 0 spiro atoms. The number of phenolic OH excluding ortho intramolecular Hbond substituents is 1. The second-order valence-electron chi connectivity index (χ2n) is 3.41. The van der Waals surface area contributed by atoms with Crippen LogP contribution in [0.1, 0.15) is 10.5 Å². The molecule has 1 amide bonds. The van der Waals surface area contributed by atoms with Gasteiger partial charge in [-0.15, -0.1) is 0 Å². The highest BCUT2D eigenvalue weighted by molar-refractivity contribution is 6.34. The summed E-state index contributed by atoms with van der Waals surface area (Å²) in [4.78, 5) is 28.6. The number of aromatic hydroxyl groups is 1. The Balaban J connectivity index is 2.21. The zero-order valence-electron chi connectivity index (χ0n) is 8.98. The first kappa shape index (κ1) is 12.1. The molecule has 1 aromatic heterocycles. The molecule has 6 nitrogen and oxygen atoms in total. The van der Waals surface area contributed by atoms with Crippen LogP contribution in [0, 0.1) is 0 Å². The van der Waals surface area contributed by atoms with Crippen LogP contribution in [-0.2, 0) is 0 Å². The molecule has 2 aromatic rings. The molecule has 3 N–H and O–H groups in total. The Kier molecular flexibility index (Phi) is 3.29. The average Bonchev–Trinajstić information content (AvgIpc) is 2.33. The lowest BCUT2D eigenvalue weighted by Crippen LogP contribution is -2.17. The number of halogens is 1. The van der Waals surface area contributed by atoms with Crippen molar-refractivity contribution >= 4 is 23.2 Å². The van der Waals surface area contributed by atoms with Crippen molar-refractivity contribution in [3.05, 3.63) is 51.7 Å². The number of hydrogen-bond acceptors (Lipinski definition) is 4. The molecule has 1 heterocycles. The fraction of sp³-hybridized carbons (Fsp3) is 0. The Labute approximate surface area is 106 Å². The monoisotopic (exact) mass is 265 g/mol. The first-order valence-electron chi connectivity index (χ1n) is 4.91. The lowest BCUT2D eigenvalue weighted by Gasteiger charge is -2.06. The number of nitrogens with one attached hydrogen (secondary N) is 2. The normalized spacial score (nSPS) is 10.1. The second-order valence-corrected chi connectivity index (χ2v) is 3.82. The summed E-state index contributed by atoms with van der Waals surface area (Å²) in [5.74, 6) is -0.515. The summed E-state index contributed by atoms with van der Waals surface area (Å²) in [5.41, 5.74) is 0.000393. The first-order chi connectivity index (χ1) is 8.56. The fourth-order valence-corrected chi connectivity index (χ4v) is 1.48. The van der Waals surface area contributed by atoms with Crippen molar-refractivity contribution in [2.75, 3.05) is 5.32 Å². The Hall–Kier alpha value is -2.34. The highest BCUT2D eigenvalue weighted by atomic mass is 35.5.